The van der Waals surface area contributed by atoms with Crippen LogP contribution in [-0.2, 0) is 6.54 Å². The van der Waals surface area contributed by atoms with Gasteiger partial charge in [-0.2, -0.15) is 11.8 Å². The summed E-state index contributed by atoms with van der Waals surface area (Å²) in [5.74, 6) is -0.162. The van der Waals surface area contributed by atoms with Crippen LogP contribution in [0.15, 0.2) is 24.3 Å². The average molecular weight is 253 g/mol. The molecule has 0 aromatic heterocycles. The van der Waals surface area contributed by atoms with Gasteiger partial charge in [-0.25, -0.2) is 4.39 Å². The summed E-state index contributed by atoms with van der Waals surface area (Å²) in [4.78, 5) is 0. The van der Waals surface area contributed by atoms with Gasteiger partial charge < -0.3 is 5.32 Å². The minimum absolute atomic E-state index is 0.162. The fraction of sp³-hybridized carbons (Fsp3) is 0.571. The van der Waals surface area contributed by atoms with Crippen LogP contribution in [0.4, 0.5) is 4.39 Å². The van der Waals surface area contributed by atoms with Crippen molar-refractivity contribution in [1.82, 2.24) is 5.32 Å². The van der Waals surface area contributed by atoms with E-state index in [0.29, 0.717) is 4.75 Å². The van der Waals surface area contributed by atoms with Crippen molar-refractivity contribution < 1.29 is 4.39 Å². The van der Waals surface area contributed by atoms with E-state index in [9.17, 15) is 4.39 Å². The summed E-state index contributed by atoms with van der Waals surface area (Å²) in [6, 6.07) is 6.75. The molecule has 0 heterocycles. The van der Waals surface area contributed by atoms with Crippen molar-refractivity contribution in [3.05, 3.63) is 35.6 Å². The summed E-state index contributed by atoms with van der Waals surface area (Å²) in [6.45, 7) is 1.90. The molecule has 1 aromatic carbocycles. The lowest BCUT2D eigenvalue weighted by atomic mass is 10.1. The molecule has 1 nitrogen and oxygen atoms in total. The Morgan fingerprint density at radius 2 is 1.88 bits per heavy atom. The Morgan fingerprint density at radius 1 is 1.24 bits per heavy atom. The normalized spacial score (nSPS) is 18.5. The lowest BCUT2D eigenvalue weighted by Gasteiger charge is -2.27. The number of hydrogen-bond acceptors (Lipinski definition) is 2. The lowest BCUT2D eigenvalue weighted by molar-refractivity contribution is 0.533. The molecule has 0 bridgehead atoms. The maximum atomic E-state index is 12.7. The van der Waals surface area contributed by atoms with Gasteiger partial charge in [-0.05, 0) is 36.8 Å². The highest BCUT2D eigenvalue weighted by Crippen LogP contribution is 2.39. The van der Waals surface area contributed by atoms with E-state index in [-0.39, 0.29) is 5.82 Å². The van der Waals surface area contributed by atoms with Crippen LogP contribution in [-0.4, -0.2) is 17.5 Å². The molecular weight excluding hydrogens is 233 g/mol. The fourth-order valence-corrected chi connectivity index (χ4v) is 3.45. The predicted molar refractivity (Wildman–Crippen MR) is 72.8 cm³/mol. The van der Waals surface area contributed by atoms with Crippen LogP contribution in [0.5, 0.6) is 0 Å². The second-order valence-electron chi connectivity index (χ2n) is 4.82. The van der Waals surface area contributed by atoms with E-state index in [1.807, 2.05) is 23.9 Å². The Morgan fingerprint density at radius 3 is 2.47 bits per heavy atom. The quantitative estimate of drug-likeness (QED) is 0.860. The van der Waals surface area contributed by atoms with E-state index < -0.39 is 0 Å². The molecule has 3 heteroatoms. The molecular formula is C14H20FNS. The third-order valence-corrected chi connectivity index (χ3v) is 5.06. The van der Waals surface area contributed by atoms with Crippen LogP contribution < -0.4 is 5.32 Å². The maximum absolute atomic E-state index is 12.7. The van der Waals surface area contributed by atoms with Gasteiger partial charge in [0, 0.05) is 17.8 Å². The first-order valence-corrected chi connectivity index (χ1v) is 7.47. The summed E-state index contributed by atoms with van der Waals surface area (Å²) in [5.41, 5.74) is 1.15. The van der Waals surface area contributed by atoms with Crippen LogP contribution >= 0.6 is 11.8 Å². The molecule has 2 rings (SSSR count). The van der Waals surface area contributed by atoms with E-state index in [1.165, 1.54) is 37.8 Å². The van der Waals surface area contributed by atoms with Crippen molar-refractivity contribution in [2.24, 2.45) is 0 Å². The van der Waals surface area contributed by atoms with Crippen molar-refractivity contribution in [2.45, 2.75) is 37.0 Å². The van der Waals surface area contributed by atoms with Crippen LogP contribution in [0, 0.1) is 5.82 Å². The zero-order chi connectivity index (χ0) is 12.1. The summed E-state index contributed by atoms with van der Waals surface area (Å²) in [5, 5.41) is 3.51. The Bertz CT molecular complexity index is 344. The van der Waals surface area contributed by atoms with E-state index >= 15 is 0 Å². The van der Waals surface area contributed by atoms with E-state index in [0.717, 1.165) is 18.7 Å². The van der Waals surface area contributed by atoms with Gasteiger partial charge in [0.05, 0.1) is 0 Å². The molecule has 0 unspecified atom stereocenters. The van der Waals surface area contributed by atoms with Crippen LogP contribution in [0.1, 0.15) is 31.2 Å². The molecule has 0 radical (unpaired) electrons. The number of nitrogens with one attached hydrogen (secondary N) is 1. The largest absolute Gasteiger partial charge is 0.311 e. The SMILES string of the molecule is CSC1(CNCc2ccc(F)cc2)CCCC1. The summed E-state index contributed by atoms with van der Waals surface area (Å²) in [6.07, 6.45) is 7.58. The third-order valence-electron chi connectivity index (χ3n) is 3.64. The highest BCUT2D eigenvalue weighted by molar-refractivity contribution is 8.00. The van der Waals surface area contributed by atoms with Gasteiger partial charge in [-0.15, -0.1) is 0 Å². The van der Waals surface area contributed by atoms with Gasteiger partial charge >= 0.3 is 0 Å². The van der Waals surface area contributed by atoms with Gasteiger partial charge in [0.15, 0.2) is 0 Å². The molecule has 1 aliphatic carbocycles. The van der Waals surface area contributed by atoms with E-state index in [4.69, 9.17) is 0 Å². The molecule has 0 spiro atoms. The molecule has 1 saturated carbocycles. The molecule has 1 fully saturated rings. The number of benzene rings is 1. The summed E-state index contributed by atoms with van der Waals surface area (Å²) in [7, 11) is 0. The second-order valence-corrected chi connectivity index (χ2v) is 6.10. The van der Waals surface area contributed by atoms with Crippen molar-refractivity contribution in [3.63, 3.8) is 0 Å². The Balaban J connectivity index is 1.80. The summed E-state index contributed by atoms with van der Waals surface area (Å²) < 4.78 is 13.2. The van der Waals surface area contributed by atoms with Crippen molar-refractivity contribution >= 4 is 11.8 Å². The molecule has 1 N–H and O–H groups in total. The third kappa shape index (κ3) is 3.46. The number of halogens is 1. The summed E-state index contributed by atoms with van der Waals surface area (Å²) >= 11 is 1.99. The van der Waals surface area contributed by atoms with Gasteiger partial charge in [-0.3, -0.25) is 0 Å². The predicted octanol–water partition coefficient (Wildman–Crippen LogP) is 3.59. The highest BCUT2D eigenvalue weighted by Gasteiger charge is 2.32. The Hall–Kier alpha value is -0.540. The number of rotatable bonds is 5. The minimum atomic E-state index is -0.162. The topological polar surface area (TPSA) is 12.0 Å². The maximum Gasteiger partial charge on any atom is 0.123 e. The standard InChI is InChI=1S/C14H20FNS/c1-17-14(8-2-3-9-14)11-16-10-12-4-6-13(15)7-5-12/h4-7,16H,2-3,8-11H2,1H3. The minimum Gasteiger partial charge on any atom is -0.311 e. The van der Waals surface area contributed by atoms with E-state index in [1.54, 1.807) is 0 Å². The van der Waals surface area contributed by atoms with Crippen molar-refractivity contribution in [1.29, 1.82) is 0 Å². The average Bonchev–Trinajstić information content (AvgIpc) is 2.81. The number of thioether (sulfide) groups is 1. The zero-order valence-corrected chi connectivity index (χ0v) is 11.2. The monoisotopic (exact) mass is 253 g/mol. The molecule has 17 heavy (non-hydrogen) atoms. The first kappa shape index (κ1) is 12.9. The molecule has 0 amide bonds. The fourth-order valence-electron chi connectivity index (χ4n) is 2.51. The smallest absolute Gasteiger partial charge is 0.123 e. The lowest BCUT2D eigenvalue weighted by Crippen LogP contribution is -2.34. The number of hydrogen-bond donors (Lipinski definition) is 1. The van der Waals surface area contributed by atoms with E-state index in [2.05, 4.69) is 11.6 Å². The molecule has 1 aliphatic rings. The molecule has 1 aromatic rings. The van der Waals surface area contributed by atoms with Crippen LogP contribution in [0.2, 0.25) is 0 Å². The molecule has 0 saturated heterocycles. The molecule has 0 aliphatic heterocycles. The van der Waals surface area contributed by atoms with Crippen molar-refractivity contribution in [3.8, 4) is 0 Å². The van der Waals surface area contributed by atoms with Crippen LogP contribution in [0.25, 0.3) is 0 Å². The van der Waals surface area contributed by atoms with Crippen molar-refractivity contribution in [2.75, 3.05) is 12.8 Å². The van der Waals surface area contributed by atoms with Gasteiger partial charge in [0.2, 0.25) is 0 Å². The highest BCUT2D eigenvalue weighted by atomic mass is 32.2. The molecule has 94 valence electrons. The Kier molecular flexibility index (Phi) is 4.46. The first-order valence-electron chi connectivity index (χ1n) is 6.24. The van der Waals surface area contributed by atoms with Gasteiger partial charge in [0.1, 0.15) is 5.82 Å². The van der Waals surface area contributed by atoms with Gasteiger partial charge in [-0.1, -0.05) is 25.0 Å². The van der Waals surface area contributed by atoms with Crippen LogP contribution in [0.3, 0.4) is 0 Å². The van der Waals surface area contributed by atoms with Gasteiger partial charge in [0.25, 0.3) is 0 Å². The molecule has 0 atom stereocenters. The first-order chi connectivity index (χ1) is 8.24. The second kappa shape index (κ2) is 5.87. The zero-order valence-electron chi connectivity index (χ0n) is 10.3. The Labute approximate surface area is 107 Å².